The van der Waals surface area contributed by atoms with Gasteiger partial charge in [-0.25, -0.2) is 9.97 Å². The number of hydrogen-bond acceptors (Lipinski definition) is 5. The van der Waals surface area contributed by atoms with Gasteiger partial charge in [0.15, 0.2) is 0 Å². The minimum atomic E-state index is -0.135. The number of carbonyl (C=O) groups is 2. The van der Waals surface area contributed by atoms with Gasteiger partial charge in [0.2, 0.25) is 5.91 Å². The summed E-state index contributed by atoms with van der Waals surface area (Å²) in [4.78, 5) is 36.9. The molecule has 0 aliphatic carbocycles. The molecule has 1 aromatic carbocycles. The predicted molar refractivity (Wildman–Crippen MR) is 123 cm³/mol. The molecule has 1 aromatic heterocycles. The Kier molecular flexibility index (Phi) is 7.47. The molecule has 2 amide bonds. The lowest BCUT2D eigenvalue weighted by atomic mass is 9.92. The lowest BCUT2D eigenvalue weighted by molar-refractivity contribution is -0.130. The summed E-state index contributed by atoms with van der Waals surface area (Å²) in [6.07, 6.45) is 6.28. The van der Waals surface area contributed by atoms with Crippen LogP contribution in [-0.4, -0.2) is 64.3 Å². The van der Waals surface area contributed by atoms with Gasteiger partial charge in [-0.3, -0.25) is 14.5 Å². The van der Waals surface area contributed by atoms with Crippen LogP contribution in [0.1, 0.15) is 53.5 Å². The maximum atomic E-state index is 12.6. The first-order chi connectivity index (χ1) is 15.6. The molecule has 0 saturated carbocycles. The first-order valence-electron chi connectivity index (χ1n) is 11.7. The molecule has 4 rings (SSSR count). The van der Waals surface area contributed by atoms with Crippen molar-refractivity contribution in [3.8, 4) is 0 Å². The number of aromatic nitrogens is 2. The van der Waals surface area contributed by atoms with Crippen LogP contribution in [0.4, 0.5) is 0 Å². The quantitative estimate of drug-likeness (QED) is 0.676. The first-order valence-corrected chi connectivity index (χ1v) is 11.7. The number of likely N-dealkylation sites (tertiary alicyclic amines) is 1. The summed E-state index contributed by atoms with van der Waals surface area (Å²) in [5.41, 5.74) is 4.21. The Hall–Kier alpha value is -2.80. The van der Waals surface area contributed by atoms with Gasteiger partial charge in [0, 0.05) is 51.9 Å². The molecule has 7 heteroatoms. The third-order valence-electron chi connectivity index (χ3n) is 6.66. The Labute approximate surface area is 190 Å². The highest BCUT2D eigenvalue weighted by Crippen LogP contribution is 2.21. The van der Waals surface area contributed by atoms with Gasteiger partial charge in [0.25, 0.3) is 5.91 Å². The normalized spacial score (nSPS) is 17.1. The van der Waals surface area contributed by atoms with Crippen LogP contribution in [0.3, 0.4) is 0 Å². The standard InChI is InChI=1S/C25H33N5O2/c1-19(31)30-13-7-20(8-14-30)15-23-16-24(28-18-27-23)25(32)26-10-4-11-29-12-9-21-5-2-3-6-22(21)17-29/h2-3,5-6,16,18,20H,4,7-15,17H2,1H3,(H,26,32). The molecule has 1 N–H and O–H groups in total. The minimum Gasteiger partial charge on any atom is -0.351 e. The second-order valence-electron chi connectivity index (χ2n) is 8.95. The van der Waals surface area contributed by atoms with E-state index in [0.717, 1.165) is 70.5 Å². The molecule has 0 bridgehead atoms. The van der Waals surface area contributed by atoms with Gasteiger partial charge in [-0.05, 0) is 55.2 Å². The van der Waals surface area contributed by atoms with E-state index in [2.05, 4.69) is 44.5 Å². The first kappa shape index (κ1) is 22.4. The Balaban J connectivity index is 1.19. The van der Waals surface area contributed by atoms with Gasteiger partial charge in [-0.1, -0.05) is 24.3 Å². The van der Waals surface area contributed by atoms with Crippen LogP contribution < -0.4 is 5.32 Å². The van der Waals surface area contributed by atoms with Gasteiger partial charge in [-0.2, -0.15) is 0 Å². The molecular weight excluding hydrogens is 402 g/mol. The second kappa shape index (κ2) is 10.7. The van der Waals surface area contributed by atoms with Crippen molar-refractivity contribution in [2.75, 3.05) is 32.7 Å². The molecule has 0 spiro atoms. The number of benzene rings is 1. The Morgan fingerprint density at radius 3 is 2.66 bits per heavy atom. The van der Waals surface area contributed by atoms with Gasteiger partial charge >= 0.3 is 0 Å². The Morgan fingerprint density at radius 2 is 1.88 bits per heavy atom. The van der Waals surface area contributed by atoms with Crippen molar-refractivity contribution in [2.24, 2.45) is 5.92 Å². The van der Waals surface area contributed by atoms with Gasteiger partial charge < -0.3 is 10.2 Å². The molecule has 2 aliphatic rings. The lowest BCUT2D eigenvalue weighted by Gasteiger charge is -2.31. The van der Waals surface area contributed by atoms with Crippen LogP contribution in [-0.2, 0) is 24.2 Å². The van der Waals surface area contributed by atoms with E-state index in [9.17, 15) is 9.59 Å². The second-order valence-corrected chi connectivity index (χ2v) is 8.95. The molecule has 0 unspecified atom stereocenters. The number of nitrogens with one attached hydrogen (secondary N) is 1. The topological polar surface area (TPSA) is 78.4 Å². The molecule has 1 saturated heterocycles. The number of fused-ring (bicyclic) bond motifs is 1. The van der Waals surface area contributed by atoms with Crippen molar-refractivity contribution in [3.05, 3.63) is 59.2 Å². The predicted octanol–water partition coefficient (Wildman–Crippen LogP) is 2.46. The Morgan fingerprint density at radius 1 is 1.09 bits per heavy atom. The van der Waals surface area contributed by atoms with Crippen molar-refractivity contribution in [2.45, 2.75) is 45.6 Å². The summed E-state index contributed by atoms with van der Waals surface area (Å²) >= 11 is 0. The van der Waals surface area contributed by atoms with Crippen molar-refractivity contribution in [3.63, 3.8) is 0 Å². The smallest absolute Gasteiger partial charge is 0.270 e. The maximum absolute atomic E-state index is 12.6. The summed E-state index contributed by atoms with van der Waals surface area (Å²) in [5, 5.41) is 3.01. The number of carbonyl (C=O) groups excluding carboxylic acids is 2. The highest BCUT2D eigenvalue weighted by molar-refractivity contribution is 5.92. The summed E-state index contributed by atoms with van der Waals surface area (Å²) in [6, 6.07) is 10.5. The van der Waals surface area contributed by atoms with Crippen LogP contribution in [0.2, 0.25) is 0 Å². The van der Waals surface area contributed by atoms with Crippen molar-refractivity contribution < 1.29 is 9.59 Å². The Bertz CT molecular complexity index is 939. The molecular formula is C25H33N5O2. The fraction of sp³-hybridized carbons (Fsp3) is 0.520. The molecule has 0 radical (unpaired) electrons. The summed E-state index contributed by atoms with van der Waals surface area (Å²) in [6.45, 7) is 6.92. The highest BCUT2D eigenvalue weighted by atomic mass is 16.2. The highest BCUT2D eigenvalue weighted by Gasteiger charge is 2.22. The number of piperidine rings is 1. The number of amides is 2. The SMILES string of the molecule is CC(=O)N1CCC(Cc2cc(C(=O)NCCCN3CCc4ccccc4C3)ncn2)CC1. The van der Waals surface area contributed by atoms with Crippen molar-refractivity contribution in [1.29, 1.82) is 0 Å². The molecule has 2 aromatic rings. The number of hydrogen-bond donors (Lipinski definition) is 1. The molecule has 170 valence electrons. The van der Waals surface area contributed by atoms with Gasteiger partial charge in [-0.15, -0.1) is 0 Å². The maximum Gasteiger partial charge on any atom is 0.270 e. The molecule has 2 aliphatic heterocycles. The summed E-state index contributed by atoms with van der Waals surface area (Å²) in [7, 11) is 0. The zero-order chi connectivity index (χ0) is 22.3. The van der Waals surface area contributed by atoms with E-state index in [4.69, 9.17) is 0 Å². The van der Waals surface area contributed by atoms with Crippen LogP contribution >= 0.6 is 0 Å². The van der Waals surface area contributed by atoms with E-state index >= 15 is 0 Å². The molecule has 32 heavy (non-hydrogen) atoms. The third-order valence-corrected chi connectivity index (χ3v) is 6.66. The fourth-order valence-electron chi connectivity index (χ4n) is 4.72. The van der Waals surface area contributed by atoms with E-state index in [0.29, 0.717) is 18.2 Å². The van der Waals surface area contributed by atoms with E-state index in [1.54, 1.807) is 6.92 Å². The van der Waals surface area contributed by atoms with Crippen LogP contribution in [0.25, 0.3) is 0 Å². The van der Waals surface area contributed by atoms with Crippen LogP contribution in [0.15, 0.2) is 36.7 Å². The van der Waals surface area contributed by atoms with Crippen LogP contribution in [0.5, 0.6) is 0 Å². The van der Waals surface area contributed by atoms with E-state index in [-0.39, 0.29) is 11.8 Å². The lowest BCUT2D eigenvalue weighted by Crippen LogP contribution is -2.37. The number of nitrogens with zero attached hydrogens (tertiary/aromatic N) is 4. The summed E-state index contributed by atoms with van der Waals surface area (Å²) in [5.74, 6) is 0.504. The van der Waals surface area contributed by atoms with Crippen molar-refractivity contribution in [1.82, 2.24) is 25.1 Å². The fourth-order valence-corrected chi connectivity index (χ4v) is 4.72. The largest absolute Gasteiger partial charge is 0.351 e. The zero-order valence-electron chi connectivity index (χ0n) is 18.9. The molecule has 1 fully saturated rings. The van der Waals surface area contributed by atoms with Crippen molar-refractivity contribution >= 4 is 11.8 Å². The molecule has 7 nitrogen and oxygen atoms in total. The van der Waals surface area contributed by atoms with Gasteiger partial charge in [0.1, 0.15) is 12.0 Å². The average molecular weight is 436 g/mol. The van der Waals surface area contributed by atoms with Crippen LogP contribution in [0, 0.1) is 5.92 Å². The minimum absolute atomic E-state index is 0.135. The van der Waals surface area contributed by atoms with E-state index < -0.39 is 0 Å². The number of rotatable bonds is 7. The molecule has 3 heterocycles. The third kappa shape index (κ3) is 5.91. The summed E-state index contributed by atoms with van der Waals surface area (Å²) < 4.78 is 0. The van der Waals surface area contributed by atoms with Gasteiger partial charge in [0.05, 0.1) is 0 Å². The zero-order valence-corrected chi connectivity index (χ0v) is 18.9. The average Bonchev–Trinajstić information content (AvgIpc) is 2.82. The van der Waals surface area contributed by atoms with E-state index in [1.807, 2.05) is 11.0 Å². The molecule has 0 atom stereocenters. The van der Waals surface area contributed by atoms with E-state index in [1.165, 1.54) is 17.5 Å². The monoisotopic (exact) mass is 435 g/mol.